The van der Waals surface area contributed by atoms with Crippen LogP contribution in [0.2, 0.25) is 0 Å². The maximum Gasteiger partial charge on any atom is 0.266 e. The molecule has 0 amide bonds. The number of benzene rings is 8. The summed E-state index contributed by atoms with van der Waals surface area (Å²) in [6.45, 7) is 11.1. The average molecular weight is 969 g/mol. The minimum atomic E-state index is -0.712. The largest absolute Gasteiger partial charge is 0.449 e. The van der Waals surface area contributed by atoms with Crippen molar-refractivity contribution in [1.82, 2.24) is 9.13 Å². The van der Waals surface area contributed by atoms with Gasteiger partial charge in [-0.15, -0.1) is 0 Å². The maximum atomic E-state index is 14.6. The standard InChI is InChI=1S/C64H44N2O8/c1-29(2)63-43-13-9-10-14-44(43)64(30(3)4,46-26-54-53(25-45(46)63)71-49-21-39-40(22-50(49)72-54)60(68)65(6)59(39)67)48-28-56-55(27-47(48)63)73-51-23-41-42(24-52(51)74-56)62(70)66(61(41)69)32-16-18-36-38(20-32)58-34-12-8-7-11-33(34)57(36)37-19-31(5)15-17-35(37)58/h7-30,57-58H,1-6H3/t57-,58?,63?,64?/m0/s1. The van der Waals surface area contributed by atoms with Crippen molar-refractivity contribution in [2.24, 2.45) is 18.9 Å². The summed E-state index contributed by atoms with van der Waals surface area (Å²) in [5.41, 5.74) is 16.3. The Morgan fingerprint density at radius 2 is 0.743 bits per heavy atom. The zero-order valence-corrected chi connectivity index (χ0v) is 41.2. The summed E-state index contributed by atoms with van der Waals surface area (Å²) in [6.07, 6.45) is 0. The minimum absolute atomic E-state index is 0.00378. The summed E-state index contributed by atoms with van der Waals surface area (Å²) in [5.74, 6) is 0.0466. The van der Waals surface area contributed by atoms with Gasteiger partial charge in [0.05, 0.1) is 27.2 Å². The van der Waals surface area contributed by atoms with E-state index < -0.39 is 21.9 Å². The zero-order chi connectivity index (χ0) is 50.2. The van der Waals surface area contributed by atoms with Crippen LogP contribution in [0.25, 0.3) is 71.9 Å². The Balaban J connectivity index is 0.897. The van der Waals surface area contributed by atoms with E-state index in [0.717, 1.165) is 32.4 Å². The third kappa shape index (κ3) is 4.74. The molecule has 10 heteroatoms. The van der Waals surface area contributed by atoms with Crippen molar-refractivity contribution in [3.63, 3.8) is 0 Å². The van der Waals surface area contributed by atoms with Crippen molar-refractivity contribution in [1.29, 1.82) is 0 Å². The molecule has 0 saturated heterocycles. The van der Waals surface area contributed by atoms with Gasteiger partial charge in [0, 0.05) is 29.7 Å². The van der Waals surface area contributed by atoms with Gasteiger partial charge < -0.3 is 17.7 Å². The predicted octanol–water partition coefficient (Wildman–Crippen LogP) is 12.5. The van der Waals surface area contributed by atoms with Crippen molar-refractivity contribution in [2.75, 3.05) is 0 Å². The number of aromatic nitrogens is 2. The average Bonchev–Trinajstić information content (AvgIpc) is 3.92. The van der Waals surface area contributed by atoms with Crippen LogP contribution in [-0.2, 0) is 17.9 Å². The molecule has 6 aliphatic carbocycles. The molecule has 0 spiro atoms. The Morgan fingerprint density at radius 3 is 1.16 bits per heavy atom. The van der Waals surface area contributed by atoms with Crippen LogP contribution in [-0.4, -0.2) is 9.13 Å². The second-order valence-electron chi connectivity index (χ2n) is 21.8. The van der Waals surface area contributed by atoms with E-state index >= 15 is 0 Å². The Kier molecular flexibility index (Phi) is 7.71. The normalized spacial score (nSPS) is 19.8. The van der Waals surface area contributed by atoms with E-state index in [1.54, 1.807) is 24.3 Å². The second kappa shape index (κ2) is 13.6. The number of hydrogen-bond acceptors (Lipinski definition) is 8. The molecule has 0 fully saturated rings. The fourth-order valence-corrected chi connectivity index (χ4v) is 14.8. The summed E-state index contributed by atoms with van der Waals surface area (Å²) < 4.78 is 29.5. The smallest absolute Gasteiger partial charge is 0.266 e. The summed E-state index contributed by atoms with van der Waals surface area (Å²) in [6, 6.07) is 45.0. The lowest BCUT2D eigenvalue weighted by Crippen LogP contribution is -2.55. The molecule has 74 heavy (non-hydrogen) atoms. The van der Waals surface area contributed by atoms with Gasteiger partial charge in [-0.2, -0.15) is 0 Å². The van der Waals surface area contributed by atoms with Crippen LogP contribution in [0.5, 0.6) is 0 Å². The molecule has 0 saturated carbocycles. The molecule has 6 aliphatic rings. The van der Waals surface area contributed by atoms with Crippen molar-refractivity contribution < 1.29 is 17.7 Å². The van der Waals surface area contributed by atoms with Gasteiger partial charge in [-0.05, 0) is 146 Å². The van der Waals surface area contributed by atoms with E-state index in [0.29, 0.717) is 50.4 Å². The van der Waals surface area contributed by atoms with E-state index in [1.807, 2.05) is 12.1 Å². The predicted molar refractivity (Wildman–Crippen MR) is 286 cm³/mol. The van der Waals surface area contributed by atoms with Crippen LogP contribution < -0.4 is 22.2 Å². The van der Waals surface area contributed by atoms with Crippen LogP contribution in [0.15, 0.2) is 170 Å². The molecule has 10 nitrogen and oxygen atoms in total. The first-order chi connectivity index (χ1) is 35.8. The maximum absolute atomic E-state index is 14.6. The first-order valence-electron chi connectivity index (χ1n) is 25.4. The van der Waals surface area contributed by atoms with Crippen molar-refractivity contribution in [3.05, 3.63) is 247 Å². The van der Waals surface area contributed by atoms with Gasteiger partial charge in [0.2, 0.25) is 0 Å². The molecule has 3 unspecified atom stereocenters. The molecule has 8 aromatic carbocycles. The summed E-state index contributed by atoms with van der Waals surface area (Å²) in [4.78, 5) is 55.4. The highest BCUT2D eigenvalue weighted by atomic mass is 16.4. The number of hydrogen-bond donors (Lipinski definition) is 0. The lowest BCUT2D eigenvalue weighted by Gasteiger charge is -2.59. The third-order valence-corrected chi connectivity index (χ3v) is 17.8. The molecule has 4 bridgehead atoms. The quantitative estimate of drug-likeness (QED) is 0.160. The highest BCUT2D eigenvalue weighted by Gasteiger charge is 2.61. The Morgan fingerprint density at radius 1 is 0.392 bits per heavy atom. The van der Waals surface area contributed by atoms with E-state index in [2.05, 4.69) is 132 Å². The lowest BCUT2D eigenvalue weighted by molar-refractivity contribution is 0.325. The van der Waals surface area contributed by atoms with Gasteiger partial charge in [-0.25, -0.2) is 4.57 Å². The van der Waals surface area contributed by atoms with Crippen LogP contribution in [0.1, 0.15) is 112 Å². The SMILES string of the molecule is Cc1ccc2c(c1)[C@H]1c3ccccc3C2c2cc(-n3c(=O)c4cc5oc6cc7c(cc6oc5cc4c3=O)C3(C(C)C)c4ccccc4C7(C(C)C)c4cc5oc6cc7c(=O)n(C)c(=O)c7cc6oc5cc43)ccc21. The van der Waals surface area contributed by atoms with Crippen LogP contribution >= 0.6 is 0 Å². The lowest BCUT2D eigenvalue weighted by atomic mass is 9.42. The zero-order valence-electron chi connectivity index (χ0n) is 41.2. The van der Waals surface area contributed by atoms with E-state index in [9.17, 15) is 19.2 Å². The molecule has 4 heterocycles. The van der Waals surface area contributed by atoms with Crippen LogP contribution in [0.3, 0.4) is 0 Å². The fourth-order valence-electron chi connectivity index (χ4n) is 14.8. The van der Waals surface area contributed by atoms with Crippen molar-refractivity contribution in [3.8, 4) is 5.69 Å². The first kappa shape index (κ1) is 41.8. The topological polar surface area (TPSA) is 131 Å². The van der Waals surface area contributed by atoms with Gasteiger partial charge in [0.1, 0.15) is 0 Å². The Labute approximate surface area is 420 Å². The molecule has 0 N–H and O–H groups in total. The summed E-state index contributed by atoms with van der Waals surface area (Å²) >= 11 is 0. The summed E-state index contributed by atoms with van der Waals surface area (Å²) in [7, 11) is 1.47. The monoisotopic (exact) mass is 968 g/mol. The molecule has 18 rings (SSSR count). The number of aryl methyl sites for hydroxylation is 1. The second-order valence-corrected chi connectivity index (χ2v) is 21.8. The number of rotatable bonds is 3. The Bertz CT molecular complexity index is 4680. The van der Waals surface area contributed by atoms with Gasteiger partial charge in [0.15, 0.2) is 44.7 Å². The van der Waals surface area contributed by atoms with Crippen LogP contribution in [0.4, 0.5) is 0 Å². The first-order valence-corrected chi connectivity index (χ1v) is 25.4. The van der Waals surface area contributed by atoms with E-state index in [-0.39, 0.29) is 56.3 Å². The molecule has 0 aliphatic heterocycles. The number of nitrogens with zero attached hydrogens (tertiary/aromatic N) is 2. The molecular formula is C64H44N2O8. The molecule has 4 atom stereocenters. The van der Waals surface area contributed by atoms with Crippen LogP contribution in [0, 0.1) is 18.8 Å². The van der Waals surface area contributed by atoms with E-state index in [1.165, 1.54) is 56.1 Å². The molecule has 0 radical (unpaired) electrons. The molecule has 358 valence electrons. The van der Waals surface area contributed by atoms with Gasteiger partial charge in [-0.1, -0.05) is 106 Å². The third-order valence-electron chi connectivity index (χ3n) is 17.8. The highest BCUT2D eigenvalue weighted by molar-refractivity contribution is 5.97. The van der Waals surface area contributed by atoms with Crippen molar-refractivity contribution >= 4 is 66.2 Å². The Hall–Kier alpha value is -8.76. The molecule has 12 aromatic rings. The van der Waals surface area contributed by atoms with Crippen molar-refractivity contribution in [2.45, 2.75) is 57.3 Å². The molecular weight excluding hydrogens is 925 g/mol. The van der Waals surface area contributed by atoms with Gasteiger partial charge in [0.25, 0.3) is 22.2 Å². The summed E-state index contributed by atoms with van der Waals surface area (Å²) in [5, 5.41) is 1.07. The fraction of sp³-hybridized carbons (Fsp3) is 0.188. The molecule has 4 aromatic heterocycles. The highest BCUT2D eigenvalue weighted by Crippen LogP contribution is 2.67. The van der Waals surface area contributed by atoms with Gasteiger partial charge >= 0.3 is 0 Å². The minimum Gasteiger partial charge on any atom is -0.449 e. The van der Waals surface area contributed by atoms with Gasteiger partial charge in [-0.3, -0.25) is 23.7 Å². The van der Waals surface area contributed by atoms with E-state index in [4.69, 9.17) is 17.7 Å². The number of fused-ring (bicyclic) bond motifs is 6.